The molecule has 0 atom stereocenters. The molecule has 0 aliphatic heterocycles. The van der Waals surface area contributed by atoms with E-state index < -0.39 is 23.9 Å². The topological polar surface area (TPSA) is 187 Å². The summed E-state index contributed by atoms with van der Waals surface area (Å²) in [5, 5.41) is 34.6. The van der Waals surface area contributed by atoms with Gasteiger partial charge in [0.1, 0.15) is 0 Å². The zero-order chi connectivity index (χ0) is 24.2. The normalized spacial score (nSPS) is 9.47. The first-order valence-electron chi connectivity index (χ1n) is 9.77. The van der Waals surface area contributed by atoms with Gasteiger partial charge < -0.3 is 31.5 Å². The maximum atomic E-state index is 9.55. The van der Waals surface area contributed by atoms with E-state index >= 15 is 0 Å². The first kappa shape index (κ1) is 34.8. The second-order valence-electron chi connectivity index (χ2n) is 5.62. The Kier molecular flexibility index (Phi) is 35.9. The van der Waals surface area contributed by atoms with Crippen molar-refractivity contribution >= 4 is 23.9 Å². The number of unbranched alkanes of at least 4 members (excludes halogenated alkanes) is 3. The Morgan fingerprint density at radius 3 is 1.03 bits per heavy atom. The van der Waals surface area contributed by atoms with Crippen molar-refractivity contribution in [1.29, 1.82) is 0 Å². The van der Waals surface area contributed by atoms with E-state index in [9.17, 15) is 19.2 Å². The van der Waals surface area contributed by atoms with E-state index in [0.29, 0.717) is 24.3 Å². The van der Waals surface area contributed by atoms with Crippen molar-refractivity contribution in [1.82, 2.24) is 5.32 Å². The fourth-order valence-electron chi connectivity index (χ4n) is 1.22. The molecule has 0 bridgehead atoms. The van der Waals surface area contributed by atoms with Crippen molar-refractivity contribution in [3.8, 4) is 0 Å². The van der Waals surface area contributed by atoms with Crippen LogP contribution in [0.15, 0.2) is 24.3 Å². The highest BCUT2D eigenvalue weighted by Gasteiger charge is 1.88. The van der Waals surface area contributed by atoms with Gasteiger partial charge in [-0.1, -0.05) is 40.0 Å². The van der Waals surface area contributed by atoms with Gasteiger partial charge in [-0.25, -0.2) is 19.2 Å². The molecule has 0 aromatic heterocycles. The molecule has 0 aliphatic carbocycles. The summed E-state index contributed by atoms with van der Waals surface area (Å²) in [5.41, 5.74) is 5.14. The van der Waals surface area contributed by atoms with E-state index in [1.807, 2.05) is 0 Å². The Balaban J connectivity index is -0.000000153. The minimum absolute atomic E-state index is 0.558. The van der Waals surface area contributed by atoms with Gasteiger partial charge in [0, 0.05) is 24.3 Å². The van der Waals surface area contributed by atoms with Crippen LogP contribution >= 0.6 is 0 Å². The van der Waals surface area contributed by atoms with Crippen LogP contribution in [0, 0.1) is 0 Å². The lowest BCUT2D eigenvalue weighted by Gasteiger charge is -1.99. The zero-order valence-electron chi connectivity index (χ0n) is 18.2. The molecule has 0 saturated carbocycles. The van der Waals surface area contributed by atoms with E-state index in [0.717, 1.165) is 6.54 Å². The van der Waals surface area contributed by atoms with Crippen LogP contribution in [0.1, 0.15) is 59.3 Å². The molecule has 0 aromatic rings. The standard InChI is InChI=1S/C8H19N.C4H11N.2C4H4O4/c1-3-5-7-9-8-6-4-2;1-2-3-4-5;2*5-3(6)1-2-4(7)8/h9H,3-8H2,1-2H3;2-5H2,1H3;2*1-2H,(H,5,6)(H,7,8). The van der Waals surface area contributed by atoms with Crippen molar-refractivity contribution in [3.63, 3.8) is 0 Å². The third-order valence-electron chi connectivity index (χ3n) is 2.71. The van der Waals surface area contributed by atoms with Crippen LogP contribution < -0.4 is 11.1 Å². The minimum Gasteiger partial charge on any atom is -0.478 e. The van der Waals surface area contributed by atoms with Crippen LogP contribution in [0.5, 0.6) is 0 Å². The fraction of sp³-hybridized carbons (Fsp3) is 0.600. The number of carboxylic acid groups (broad SMARTS) is 4. The van der Waals surface area contributed by atoms with Gasteiger partial charge in [-0.15, -0.1) is 0 Å². The predicted octanol–water partition coefficient (Wildman–Crippen LogP) is 2.35. The smallest absolute Gasteiger partial charge is 0.328 e. The molecular formula is C20H38N2O8. The zero-order valence-corrected chi connectivity index (χ0v) is 18.2. The van der Waals surface area contributed by atoms with Crippen LogP contribution in [-0.4, -0.2) is 63.9 Å². The molecule has 0 aromatic carbocycles. The van der Waals surface area contributed by atoms with Gasteiger partial charge in [-0.3, -0.25) is 0 Å². The van der Waals surface area contributed by atoms with Gasteiger partial charge in [0.15, 0.2) is 0 Å². The van der Waals surface area contributed by atoms with E-state index in [-0.39, 0.29) is 0 Å². The van der Waals surface area contributed by atoms with Gasteiger partial charge in [-0.2, -0.15) is 0 Å². The summed E-state index contributed by atoms with van der Waals surface area (Å²) in [7, 11) is 0. The van der Waals surface area contributed by atoms with Crippen molar-refractivity contribution in [3.05, 3.63) is 24.3 Å². The summed E-state index contributed by atoms with van der Waals surface area (Å²) in [6.07, 6.45) is 9.87. The summed E-state index contributed by atoms with van der Waals surface area (Å²) in [6.45, 7) is 9.83. The van der Waals surface area contributed by atoms with Gasteiger partial charge in [0.05, 0.1) is 0 Å². The highest BCUT2D eigenvalue weighted by molar-refractivity contribution is 5.90. The highest BCUT2D eigenvalue weighted by Crippen LogP contribution is 1.85. The molecule has 0 radical (unpaired) electrons. The summed E-state index contributed by atoms with van der Waals surface area (Å²) in [4.78, 5) is 38.2. The van der Waals surface area contributed by atoms with Crippen LogP contribution in [0.25, 0.3) is 0 Å². The van der Waals surface area contributed by atoms with E-state index in [1.54, 1.807) is 0 Å². The lowest BCUT2D eigenvalue weighted by atomic mass is 10.3. The molecular weight excluding hydrogens is 396 g/mol. The maximum Gasteiger partial charge on any atom is 0.328 e. The second-order valence-corrected chi connectivity index (χ2v) is 5.62. The van der Waals surface area contributed by atoms with Crippen LogP contribution in [-0.2, 0) is 19.2 Å². The number of carbonyl (C=O) groups is 4. The van der Waals surface area contributed by atoms with Crippen LogP contribution in [0.4, 0.5) is 0 Å². The molecule has 0 amide bonds. The monoisotopic (exact) mass is 434 g/mol. The maximum absolute atomic E-state index is 9.55. The summed E-state index contributed by atoms with van der Waals surface area (Å²) in [5.74, 6) is -5.03. The summed E-state index contributed by atoms with van der Waals surface area (Å²) in [6, 6.07) is 0. The molecule has 30 heavy (non-hydrogen) atoms. The minimum atomic E-state index is -1.26. The summed E-state index contributed by atoms with van der Waals surface area (Å²) >= 11 is 0. The Hall–Kier alpha value is -2.72. The van der Waals surface area contributed by atoms with Gasteiger partial charge in [-0.05, 0) is 38.9 Å². The number of hydrogen-bond acceptors (Lipinski definition) is 6. The number of nitrogens with one attached hydrogen (secondary N) is 1. The van der Waals surface area contributed by atoms with E-state index in [2.05, 4.69) is 26.1 Å². The Morgan fingerprint density at radius 2 is 0.900 bits per heavy atom. The van der Waals surface area contributed by atoms with Crippen molar-refractivity contribution in [2.75, 3.05) is 19.6 Å². The third kappa shape index (κ3) is 63.8. The van der Waals surface area contributed by atoms with Gasteiger partial charge in [0.2, 0.25) is 0 Å². The van der Waals surface area contributed by atoms with E-state index in [1.165, 1.54) is 51.6 Å². The SMILES string of the molecule is CCCCN.CCCCNCCCC.O=C(O)C=CC(=O)O.O=C(O)C=CC(=O)O. The number of rotatable bonds is 12. The quantitative estimate of drug-likeness (QED) is 0.196. The average molecular weight is 435 g/mol. The molecule has 0 heterocycles. The molecule has 10 nitrogen and oxygen atoms in total. The summed E-state index contributed by atoms with van der Waals surface area (Å²) < 4.78 is 0. The molecule has 7 N–H and O–H groups in total. The van der Waals surface area contributed by atoms with E-state index in [4.69, 9.17) is 26.2 Å². The Labute approximate surface area is 178 Å². The van der Waals surface area contributed by atoms with Crippen molar-refractivity contribution in [2.45, 2.75) is 59.3 Å². The number of nitrogens with two attached hydrogens (primary N) is 1. The molecule has 176 valence electrons. The first-order valence-corrected chi connectivity index (χ1v) is 9.77. The number of hydrogen-bond donors (Lipinski definition) is 6. The fourth-order valence-corrected chi connectivity index (χ4v) is 1.22. The number of aliphatic carboxylic acids is 4. The van der Waals surface area contributed by atoms with Crippen LogP contribution in [0.3, 0.4) is 0 Å². The largest absolute Gasteiger partial charge is 0.478 e. The van der Waals surface area contributed by atoms with Crippen molar-refractivity contribution < 1.29 is 39.6 Å². The predicted molar refractivity (Wildman–Crippen MR) is 115 cm³/mol. The van der Waals surface area contributed by atoms with Crippen molar-refractivity contribution in [2.24, 2.45) is 5.73 Å². The molecule has 0 unspecified atom stereocenters. The lowest BCUT2D eigenvalue weighted by molar-refractivity contribution is -0.134. The molecule has 0 spiro atoms. The Morgan fingerprint density at radius 1 is 0.633 bits per heavy atom. The molecule has 0 fully saturated rings. The molecule has 0 saturated heterocycles. The molecule has 0 rings (SSSR count). The number of carboxylic acids is 4. The average Bonchev–Trinajstić information content (AvgIpc) is 2.67. The molecule has 10 heteroatoms. The second kappa shape index (κ2) is 31.0. The lowest BCUT2D eigenvalue weighted by Crippen LogP contribution is -2.15. The third-order valence-corrected chi connectivity index (χ3v) is 2.71. The Bertz CT molecular complexity index is 417. The van der Waals surface area contributed by atoms with Crippen LogP contribution in [0.2, 0.25) is 0 Å². The van der Waals surface area contributed by atoms with Gasteiger partial charge >= 0.3 is 23.9 Å². The van der Waals surface area contributed by atoms with Gasteiger partial charge in [0.25, 0.3) is 0 Å². The highest BCUT2D eigenvalue weighted by atomic mass is 16.4. The molecule has 0 aliphatic rings. The first-order chi connectivity index (χ1) is 14.1.